The fourth-order valence-corrected chi connectivity index (χ4v) is 3.53. The number of benzene rings is 1. The lowest BCUT2D eigenvalue weighted by molar-refractivity contribution is -0.0736. The Kier molecular flexibility index (Phi) is 19.0. The summed E-state index contributed by atoms with van der Waals surface area (Å²) < 4.78 is 45.1. The van der Waals surface area contributed by atoms with Gasteiger partial charge in [-0.25, -0.2) is 0 Å². The Morgan fingerprint density at radius 2 is 0.975 bits per heavy atom. The van der Waals surface area contributed by atoms with Crippen LogP contribution < -0.4 is 0 Å². The monoisotopic (exact) mass is 566 g/mol. The number of rotatable bonds is 23. The van der Waals surface area contributed by atoms with Gasteiger partial charge in [-0.05, 0) is 70.7 Å². The van der Waals surface area contributed by atoms with Gasteiger partial charge in [0.2, 0.25) is 0 Å². The fourth-order valence-electron chi connectivity index (χ4n) is 3.53. The van der Waals surface area contributed by atoms with Crippen molar-refractivity contribution in [2.45, 2.75) is 85.1 Å². The molecule has 0 aliphatic rings. The van der Waals surface area contributed by atoms with Crippen LogP contribution in [0.4, 0.5) is 0 Å². The van der Waals surface area contributed by atoms with Crippen LogP contribution in [0, 0.1) is 0 Å². The second-order valence-electron chi connectivity index (χ2n) is 10.5. The number of ether oxygens (including phenoxy) is 8. The van der Waals surface area contributed by atoms with E-state index in [1.54, 1.807) is 20.5 Å². The fraction of sp³-hybridized carbons (Fsp3) is 0.688. The van der Waals surface area contributed by atoms with Crippen molar-refractivity contribution >= 4 is 11.1 Å². The second-order valence-corrected chi connectivity index (χ2v) is 10.5. The highest BCUT2D eigenvalue weighted by atomic mass is 16.6. The highest BCUT2D eigenvalue weighted by Crippen LogP contribution is 2.19. The second kappa shape index (κ2) is 21.0. The van der Waals surface area contributed by atoms with Crippen molar-refractivity contribution in [3.63, 3.8) is 0 Å². The van der Waals surface area contributed by atoms with E-state index in [0.717, 1.165) is 22.3 Å². The summed E-state index contributed by atoms with van der Waals surface area (Å²) in [5, 5.41) is 0. The van der Waals surface area contributed by atoms with Crippen molar-refractivity contribution in [2.75, 3.05) is 60.5 Å². The standard InChI is InChI=1S/C32H54O8/c1-23(15-35-27(5)19-39-29(7)21-37-25(3)17-33-9)31-11-13-32(14-12-31)24(2)16-36-28(6)20-40-30(8)22-38-26(4)18-34-10/h11-14,16,25-30H,1,15,17-22H2,2-10H3. The molecule has 40 heavy (non-hydrogen) atoms. The van der Waals surface area contributed by atoms with E-state index in [9.17, 15) is 0 Å². The van der Waals surface area contributed by atoms with Gasteiger partial charge in [-0.15, -0.1) is 0 Å². The van der Waals surface area contributed by atoms with Crippen molar-refractivity contribution in [3.05, 3.63) is 48.2 Å². The van der Waals surface area contributed by atoms with Crippen LogP contribution in [0.15, 0.2) is 37.1 Å². The third kappa shape index (κ3) is 16.5. The molecular formula is C32H54O8. The summed E-state index contributed by atoms with van der Waals surface area (Å²) in [7, 11) is 3.33. The Bertz CT molecular complexity index is 825. The van der Waals surface area contributed by atoms with Crippen LogP contribution in [0.5, 0.6) is 0 Å². The normalized spacial score (nSPS) is 16.7. The third-order valence-electron chi connectivity index (χ3n) is 6.03. The molecule has 6 atom stereocenters. The van der Waals surface area contributed by atoms with Crippen LogP contribution in [0.2, 0.25) is 0 Å². The molecule has 1 rings (SSSR count). The molecule has 0 saturated carbocycles. The zero-order chi connectivity index (χ0) is 29.9. The maximum atomic E-state index is 5.95. The van der Waals surface area contributed by atoms with E-state index in [-0.39, 0.29) is 36.6 Å². The molecule has 6 unspecified atom stereocenters. The Hall–Kier alpha value is -1.78. The molecule has 0 fully saturated rings. The van der Waals surface area contributed by atoms with Crippen molar-refractivity contribution in [3.8, 4) is 0 Å². The zero-order valence-corrected chi connectivity index (χ0v) is 26.3. The van der Waals surface area contributed by atoms with Crippen LogP contribution in [0.3, 0.4) is 0 Å². The maximum Gasteiger partial charge on any atom is 0.118 e. The van der Waals surface area contributed by atoms with Crippen molar-refractivity contribution in [2.24, 2.45) is 0 Å². The van der Waals surface area contributed by atoms with E-state index in [2.05, 4.69) is 30.8 Å². The number of hydrogen-bond acceptors (Lipinski definition) is 8. The summed E-state index contributed by atoms with van der Waals surface area (Å²) in [6.07, 6.45) is 1.71. The molecule has 0 saturated heterocycles. The molecule has 0 radical (unpaired) electrons. The van der Waals surface area contributed by atoms with E-state index in [1.807, 2.05) is 48.5 Å². The van der Waals surface area contributed by atoms with Crippen molar-refractivity contribution < 1.29 is 37.9 Å². The molecule has 0 heterocycles. The molecule has 1 aromatic rings. The van der Waals surface area contributed by atoms with Crippen LogP contribution in [0.1, 0.15) is 59.6 Å². The van der Waals surface area contributed by atoms with Crippen LogP contribution in [-0.2, 0) is 37.9 Å². The molecule has 0 spiro atoms. The van der Waals surface area contributed by atoms with Gasteiger partial charge in [0.25, 0.3) is 0 Å². The SMILES string of the molecule is C=C(COC(C)COC(C)COC(C)COC)c1ccc(C(C)=COC(C)COC(C)COC(C)COC)cc1. The molecule has 0 N–H and O–H groups in total. The summed E-state index contributed by atoms with van der Waals surface area (Å²) in [5.41, 5.74) is 4.07. The first kappa shape index (κ1) is 36.2. The Morgan fingerprint density at radius 3 is 1.43 bits per heavy atom. The van der Waals surface area contributed by atoms with Gasteiger partial charge < -0.3 is 37.9 Å². The molecule has 8 heteroatoms. The largest absolute Gasteiger partial charge is 0.496 e. The predicted octanol–water partition coefficient (Wildman–Crippen LogP) is 5.78. The summed E-state index contributed by atoms with van der Waals surface area (Å²) in [4.78, 5) is 0. The van der Waals surface area contributed by atoms with E-state index in [0.29, 0.717) is 46.2 Å². The molecule has 0 aliphatic heterocycles. The first-order chi connectivity index (χ1) is 19.0. The van der Waals surface area contributed by atoms with Gasteiger partial charge in [0.1, 0.15) is 6.10 Å². The maximum absolute atomic E-state index is 5.95. The first-order valence-corrected chi connectivity index (χ1v) is 14.2. The van der Waals surface area contributed by atoms with Gasteiger partial charge in [0.15, 0.2) is 0 Å². The average molecular weight is 567 g/mol. The Balaban J connectivity index is 2.37. The van der Waals surface area contributed by atoms with Gasteiger partial charge in [0, 0.05) is 14.2 Å². The molecule has 0 amide bonds. The molecule has 0 aliphatic carbocycles. The average Bonchev–Trinajstić information content (AvgIpc) is 2.94. The molecule has 0 bridgehead atoms. The lowest BCUT2D eigenvalue weighted by atomic mass is 10.0. The molecular weight excluding hydrogens is 512 g/mol. The van der Waals surface area contributed by atoms with Crippen molar-refractivity contribution in [1.82, 2.24) is 0 Å². The Labute approximate surface area is 242 Å². The van der Waals surface area contributed by atoms with Crippen LogP contribution in [0.25, 0.3) is 11.1 Å². The minimum absolute atomic E-state index is 0.0183. The van der Waals surface area contributed by atoms with Crippen LogP contribution >= 0.6 is 0 Å². The highest BCUT2D eigenvalue weighted by molar-refractivity contribution is 5.68. The minimum Gasteiger partial charge on any atom is -0.496 e. The van der Waals surface area contributed by atoms with Gasteiger partial charge in [-0.3, -0.25) is 0 Å². The van der Waals surface area contributed by atoms with Gasteiger partial charge in [-0.1, -0.05) is 30.8 Å². The summed E-state index contributed by atoms with van der Waals surface area (Å²) >= 11 is 0. The third-order valence-corrected chi connectivity index (χ3v) is 6.03. The van der Waals surface area contributed by atoms with Gasteiger partial charge in [-0.2, -0.15) is 0 Å². The minimum atomic E-state index is -0.0781. The van der Waals surface area contributed by atoms with Crippen molar-refractivity contribution in [1.29, 1.82) is 0 Å². The smallest absolute Gasteiger partial charge is 0.118 e. The van der Waals surface area contributed by atoms with Gasteiger partial charge in [0.05, 0.1) is 83.0 Å². The number of allylic oxidation sites excluding steroid dienone is 1. The number of hydrogen-bond donors (Lipinski definition) is 0. The van der Waals surface area contributed by atoms with Gasteiger partial charge >= 0.3 is 0 Å². The first-order valence-electron chi connectivity index (χ1n) is 14.2. The molecule has 230 valence electrons. The topological polar surface area (TPSA) is 73.8 Å². The summed E-state index contributed by atoms with van der Waals surface area (Å²) in [6.45, 7) is 21.7. The quantitative estimate of drug-likeness (QED) is 0.154. The molecule has 8 nitrogen and oxygen atoms in total. The zero-order valence-electron chi connectivity index (χ0n) is 26.3. The van der Waals surface area contributed by atoms with E-state index in [4.69, 9.17) is 37.9 Å². The lowest BCUT2D eigenvalue weighted by Gasteiger charge is -2.20. The highest BCUT2D eigenvalue weighted by Gasteiger charge is 2.12. The Morgan fingerprint density at radius 1 is 0.600 bits per heavy atom. The van der Waals surface area contributed by atoms with E-state index < -0.39 is 0 Å². The summed E-state index contributed by atoms with van der Waals surface area (Å²) in [5.74, 6) is 0. The predicted molar refractivity (Wildman–Crippen MR) is 160 cm³/mol. The summed E-state index contributed by atoms with van der Waals surface area (Å²) in [6, 6.07) is 8.24. The lowest BCUT2D eigenvalue weighted by Crippen LogP contribution is -2.26. The van der Waals surface area contributed by atoms with E-state index in [1.165, 1.54) is 0 Å². The van der Waals surface area contributed by atoms with E-state index >= 15 is 0 Å². The van der Waals surface area contributed by atoms with Crippen LogP contribution in [-0.4, -0.2) is 97.1 Å². The molecule has 1 aromatic carbocycles. The number of methoxy groups -OCH3 is 2. The molecule has 0 aromatic heterocycles.